The summed E-state index contributed by atoms with van der Waals surface area (Å²) in [5.74, 6) is 0.679. The molecule has 0 spiro atoms. The van der Waals surface area contributed by atoms with Crippen molar-refractivity contribution in [2.75, 3.05) is 7.11 Å². The molecule has 0 saturated heterocycles. The minimum atomic E-state index is -0.865. The van der Waals surface area contributed by atoms with Crippen LogP contribution in [0.1, 0.15) is 59.3 Å². The van der Waals surface area contributed by atoms with Crippen LogP contribution in [0.3, 0.4) is 0 Å². The number of ether oxygens (including phenoxy) is 1. The Balaban J connectivity index is 2.44. The van der Waals surface area contributed by atoms with Crippen LogP contribution in [0, 0.1) is 5.92 Å². The molecule has 0 radical (unpaired) electrons. The van der Waals surface area contributed by atoms with Gasteiger partial charge in [-0.3, -0.25) is 0 Å². The lowest BCUT2D eigenvalue weighted by Crippen LogP contribution is -2.45. The molecule has 3 nitrogen and oxygen atoms in total. The maximum atomic E-state index is 10.4. The summed E-state index contributed by atoms with van der Waals surface area (Å²) in [6.07, 6.45) is 4.23. The second-order valence-corrected chi connectivity index (χ2v) is 6.30. The Morgan fingerprint density at radius 1 is 1.35 bits per heavy atom. The molecule has 0 bridgehead atoms. The fourth-order valence-corrected chi connectivity index (χ4v) is 2.45. The van der Waals surface area contributed by atoms with Crippen molar-refractivity contribution in [3.63, 3.8) is 0 Å². The minimum Gasteiger partial charge on any atom is -0.390 e. The van der Waals surface area contributed by atoms with E-state index in [1.54, 1.807) is 7.11 Å². The SMILES string of the molecule is COC(C)(C)CCC(O)C1(O)CCC(C)CC1. The number of methoxy groups -OCH3 is 1. The number of rotatable bonds is 5. The Kier molecular flexibility index (Phi) is 4.99. The predicted octanol–water partition coefficient (Wildman–Crippen LogP) is 2.49. The zero-order chi connectivity index (χ0) is 13.1. The Labute approximate surface area is 105 Å². The first-order valence-electron chi connectivity index (χ1n) is 6.75. The van der Waals surface area contributed by atoms with Gasteiger partial charge in [-0.25, -0.2) is 0 Å². The van der Waals surface area contributed by atoms with E-state index in [1.165, 1.54) is 0 Å². The molecule has 1 unspecified atom stereocenters. The topological polar surface area (TPSA) is 49.7 Å². The number of aliphatic hydroxyl groups is 2. The Morgan fingerprint density at radius 3 is 2.35 bits per heavy atom. The molecule has 1 fully saturated rings. The molecule has 0 heterocycles. The molecule has 2 N–H and O–H groups in total. The maximum absolute atomic E-state index is 10.4. The van der Waals surface area contributed by atoms with Crippen LogP contribution in [0.4, 0.5) is 0 Å². The van der Waals surface area contributed by atoms with E-state index < -0.39 is 11.7 Å². The molecule has 102 valence electrons. The molecule has 17 heavy (non-hydrogen) atoms. The zero-order valence-corrected chi connectivity index (χ0v) is 11.7. The van der Waals surface area contributed by atoms with Gasteiger partial charge in [0, 0.05) is 7.11 Å². The summed E-state index contributed by atoms with van der Waals surface area (Å²) < 4.78 is 5.33. The van der Waals surface area contributed by atoms with Crippen molar-refractivity contribution in [3.8, 4) is 0 Å². The Morgan fingerprint density at radius 2 is 1.88 bits per heavy atom. The zero-order valence-electron chi connectivity index (χ0n) is 11.7. The first-order valence-corrected chi connectivity index (χ1v) is 6.75. The van der Waals surface area contributed by atoms with Crippen LogP contribution in [0.15, 0.2) is 0 Å². The Bertz CT molecular complexity index is 230. The molecule has 1 aliphatic carbocycles. The standard InChI is InChI=1S/C14H28O3/c1-11-5-9-14(16,10-6-11)12(15)7-8-13(2,3)17-4/h11-12,15-16H,5-10H2,1-4H3. The van der Waals surface area contributed by atoms with Gasteiger partial charge in [0.05, 0.1) is 17.3 Å². The summed E-state index contributed by atoms with van der Waals surface area (Å²) in [6.45, 7) is 6.22. The van der Waals surface area contributed by atoms with Gasteiger partial charge in [-0.1, -0.05) is 6.92 Å². The van der Waals surface area contributed by atoms with Crippen molar-refractivity contribution in [2.24, 2.45) is 5.92 Å². The van der Waals surface area contributed by atoms with Gasteiger partial charge in [-0.15, -0.1) is 0 Å². The van der Waals surface area contributed by atoms with Crippen molar-refractivity contribution < 1.29 is 14.9 Å². The van der Waals surface area contributed by atoms with E-state index in [0.717, 1.165) is 32.1 Å². The quantitative estimate of drug-likeness (QED) is 0.781. The third-order valence-corrected chi connectivity index (χ3v) is 4.33. The van der Waals surface area contributed by atoms with E-state index in [-0.39, 0.29) is 5.60 Å². The van der Waals surface area contributed by atoms with Crippen LogP contribution in [0.5, 0.6) is 0 Å². The van der Waals surface area contributed by atoms with E-state index in [2.05, 4.69) is 6.92 Å². The molecule has 1 aliphatic rings. The molecule has 0 aromatic carbocycles. The summed E-state index contributed by atoms with van der Waals surface area (Å²) in [6, 6.07) is 0. The molecule has 0 aromatic heterocycles. The highest BCUT2D eigenvalue weighted by atomic mass is 16.5. The minimum absolute atomic E-state index is 0.223. The van der Waals surface area contributed by atoms with Gasteiger partial charge >= 0.3 is 0 Å². The Hall–Kier alpha value is -0.120. The summed E-state index contributed by atoms with van der Waals surface area (Å²) in [5.41, 5.74) is -1.09. The lowest BCUT2D eigenvalue weighted by molar-refractivity contribution is -0.112. The summed E-state index contributed by atoms with van der Waals surface area (Å²) in [7, 11) is 1.68. The third-order valence-electron chi connectivity index (χ3n) is 4.33. The third kappa shape index (κ3) is 4.23. The second kappa shape index (κ2) is 5.68. The van der Waals surface area contributed by atoms with Crippen LogP contribution in [-0.4, -0.2) is 34.6 Å². The average molecular weight is 244 g/mol. The highest BCUT2D eigenvalue weighted by molar-refractivity contribution is 4.91. The first kappa shape index (κ1) is 14.9. The fraction of sp³-hybridized carbons (Fsp3) is 1.00. The van der Waals surface area contributed by atoms with Gasteiger partial charge in [0.15, 0.2) is 0 Å². The van der Waals surface area contributed by atoms with Gasteiger partial charge in [-0.05, 0) is 58.3 Å². The van der Waals surface area contributed by atoms with Gasteiger partial charge < -0.3 is 14.9 Å². The molecule has 1 saturated carbocycles. The predicted molar refractivity (Wildman–Crippen MR) is 68.9 cm³/mol. The highest BCUT2D eigenvalue weighted by Gasteiger charge is 2.38. The largest absolute Gasteiger partial charge is 0.390 e. The summed E-state index contributed by atoms with van der Waals surface area (Å²) >= 11 is 0. The molecule has 0 amide bonds. The van der Waals surface area contributed by atoms with Crippen LogP contribution in [0.25, 0.3) is 0 Å². The van der Waals surface area contributed by atoms with Gasteiger partial charge in [0.1, 0.15) is 0 Å². The molecule has 0 aliphatic heterocycles. The number of hydrogen-bond donors (Lipinski definition) is 2. The van der Waals surface area contributed by atoms with Crippen LogP contribution >= 0.6 is 0 Å². The second-order valence-electron chi connectivity index (χ2n) is 6.30. The summed E-state index contributed by atoms with van der Waals surface area (Å²) in [5, 5.41) is 20.6. The van der Waals surface area contributed by atoms with E-state index in [4.69, 9.17) is 4.74 Å². The van der Waals surface area contributed by atoms with Crippen molar-refractivity contribution in [1.82, 2.24) is 0 Å². The first-order chi connectivity index (χ1) is 7.79. The van der Waals surface area contributed by atoms with E-state index in [9.17, 15) is 10.2 Å². The molecular formula is C14H28O3. The van der Waals surface area contributed by atoms with Crippen molar-refractivity contribution >= 4 is 0 Å². The smallest absolute Gasteiger partial charge is 0.0905 e. The average Bonchev–Trinajstić information content (AvgIpc) is 2.30. The van der Waals surface area contributed by atoms with Gasteiger partial charge in [-0.2, -0.15) is 0 Å². The van der Waals surface area contributed by atoms with Crippen LogP contribution in [0.2, 0.25) is 0 Å². The van der Waals surface area contributed by atoms with Crippen molar-refractivity contribution in [2.45, 2.75) is 76.6 Å². The van der Waals surface area contributed by atoms with Gasteiger partial charge in [0.25, 0.3) is 0 Å². The normalized spacial score (nSPS) is 32.5. The molecule has 1 rings (SSSR count). The molecular weight excluding hydrogens is 216 g/mol. The highest BCUT2D eigenvalue weighted by Crippen LogP contribution is 2.36. The molecule has 1 atom stereocenters. The molecule has 3 heteroatoms. The lowest BCUT2D eigenvalue weighted by Gasteiger charge is -2.39. The fourth-order valence-electron chi connectivity index (χ4n) is 2.45. The number of aliphatic hydroxyl groups excluding tert-OH is 1. The maximum Gasteiger partial charge on any atom is 0.0905 e. The molecule has 0 aromatic rings. The van der Waals surface area contributed by atoms with Crippen molar-refractivity contribution in [1.29, 1.82) is 0 Å². The van der Waals surface area contributed by atoms with E-state index in [1.807, 2.05) is 13.8 Å². The number of hydrogen-bond acceptors (Lipinski definition) is 3. The van der Waals surface area contributed by atoms with Crippen LogP contribution in [-0.2, 0) is 4.74 Å². The van der Waals surface area contributed by atoms with E-state index >= 15 is 0 Å². The van der Waals surface area contributed by atoms with E-state index in [0.29, 0.717) is 12.3 Å². The van der Waals surface area contributed by atoms with Crippen LogP contribution < -0.4 is 0 Å². The van der Waals surface area contributed by atoms with Crippen molar-refractivity contribution in [3.05, 3.63) is 0 Å². The monoisotopic (exact) mass is 244 g/mol. The lowest BCUT2D eigenvalue weighted by atomic mass is 9.75. The van der Waals surface area contributed by atoms with Gasteiger partial charge in [0.2, 0.25) is 0 Å². The summed E-state index contributed by atoms with van der Waals surface area (Å²) in [4.78, 5) is 0.